The number of rotatable bonds is 15. The highest BCUT2D eigenvalue weighted by atomic mass is 28.4. The van der Waals surface area contributed by atoms with Crippen LogP contribution in [0.1, 0.15) is 62.1 Å². The fraction of sp³-hybridized carbons (Fsp3) is 0.348. The van der Waals surface area contributed by atoms with Crippen LogP contribution in [0.2, 0.25) is 18.1 Å². The van der Waals surface area contributed by atoms with Crippen LogP contribution in [0.5, 0.6) is 11.5 Å². The first-order chi connectivity index (χ1) is 27.8. The van der Waals surface area contributed by atoms with Crippen molar-refractivity contribution in [1.29, 1.82) is 0 Å². The van der Waals surface area contributed by atoms with E-state index in [0.717, 1.165) is 39.3 Å². The second-order valence-electron chi connectivity index (χ2n) is 16.2. The van der Waals surface area contributed by atoms with Crippen molar-refractivity contribution in [2.75, 3.05) is 20.8 Å². The summed E-state index contributed by atoms with van der Waals surface area (Å²) in [7, 11) is 1.03. The summed E-state index contributed by atoms with van der Waals surface area (Å²) in [4.78, 5) is 25.4. The Kier molecular flexibility index (Phi) is 11.8. The first-order valence-corrected chi connectivity index (χ1v) is 22.5. The number of benzene rings is 4. The number of aliphatic carboxylic acids is 1. The second-order valence-corrected chi connectivity index (χ2v) is 21.0. The lowest BCUT2D eigenvalue weighted by atomic mass is 9.80. The van der Waals surface area contributed by atoms with Gasteiger partial charge in [-0.15, -0.1) is 0 Å². The van der Waals surface area contributed by atoms with Crippen molar-refractivity contribution in [2.45, 2.75) is 82.2 Å². The van der Waals surface area contributed by atoms with Crippen LogP contribution >= 0.6 is 0 Å². The van der Waals surface area contributed by atoms with E-state index in [9.17, 15) is 9.90 Å². The normalized spacial score (nSPS) is 17.4. The Morgan fingerprint density at radius 1 is 0.845 bits per heavy atom. The van der Waals surface area contributed by atoms with Gasteiger partial charge in [0.15, 0.2) is 14.0 Å². The zero-order valence-electron chi connectivity index (χ0n) is 34.2. The summed E-state index contributed by atoms with van der Waals surface area (Å²) < 4.78 is 34.7. The van der Waals surface area contributed by atoms with Crippen LogP contribution in [-0.2, 0) is 30.7 Å². The smallest absolute Gasteiger partial charge is 0.303 e. The van der Waals surface area contributed by atoms with E-state index in [1.54, 1.807) is 20.5 Å². The molecule has 1 N–H and O–H groups in total. The minimum Gasteiger partial charge on any atom is -0.497 e. The molecule has 3 heterocycles. The van der Waals surface area contributed by atoms with E-state index in [2.05, 4.69) is 75.2 Å². The van der Waals surface area contributed by atoms with Gasteiger partial charge in [0, 0.05) is 18.4 Å². The molecule has 1 aliphatic rings. The molecule has 0 aliphatic carbocycles. The molecule has 0 unspecified atom stereocenters. The number of imidazole rings is 1. The Hall–Kier alpha value is -5.40. The molecule has 0 bridgehead atoms. The van der Waals surface area contributed by atoms with Crippen molar-refractivity contribution < 1.29 is 33.3 Å². The Morgan fingerprint density at radius 2 is 1.48 bits per heavy atom. The van der Waals surface area contributed by atoms with Gasteiger partial charge in [0.25, 0.3) is 0 Å². The predicted molar refractivity (Wildman–Crippen MR) is 226 cm³/mol. The number of fused-ring (bicyclic) bond motifs is 1. The SMILES string of the molecule is COc1ccc(C(OC[C@H]2O[C@@H](n3cnc4c(-c5cccc(CCC(=O)O)c5)ncnc43)C[C@@H]2O[Si](C)(C)C(C)(C)C)(c2ccccc2)c2ccc(OC)cc2)cc1. The third-order valence-electron chi connectivity index (χ3n) is 11.6. The second kappa shape index (κ2) is 16.8. The molecule has 3 atom stereocenters. The monoisotopic (exact) mass is 800 g/mol. The lowest BCUT2D eigenvalue weighted by Gasteiger charge is -2.40. The van der Waals surface area contributed by atoms with Gasteiger partial charge in [0.2, 0.25) is 0 Å². The topological polar surface area (TPSA) is 127 Å². The van der Waals surface area contributed by atoms with Crippen molar-refractivity contribution in [3.63, 3.8) is 0 Å². The highest BCUT2D eigenvalue weighted by Gasteiger charge is 2.47. The Labute approximate surface area is 341 Å². The van der Waals surface area contributed by atoms with Crippen LogP contribution in [0.25, 0.3) is 22.4 Å². The summed E-state index contributed by atoms with van der Waals surface area (Å²) in [6, 6.07) is 34.0. The number of nitrogens with zero attached hydrogens (tertiary/aromatic N) is 4. The van der Waals surface area contributed by atoms with Crippen LogP contribution in [0.3, 0.4) is 0 Å². The Bertz CT molecular complexity index is 2280. The lowest BCUT2D eigenvalue weighted by Crippen LogP contribution is -2.47. The molecule has 1 saturated heterocycles. The largest absolute Gasteiger partial charge is 0.497 e. The lowest BCUT2D eigenvalue weighted by molar-refractivity contribution is -0.136. The maximum Gasteiger partial charge on any atom is 0.303 e. The van der Waals surface area contributed by atoms with E-state index in [1.165, 1.54) is 6.33 Å². The number of aromatic nitrogens is 4. The number of ether oxygens (including phenoxy) is 4. The van der Waals surface area contributed by atoms with Gasteiger partial charge in [-0.1, -0.05) is 93.6 Å². The van der Waals surface area contributed by atoms with E-state index >= 15 is 0 Å². The molecule has 0 radical (unpaired) electrons. The van der Waals surface area contributed by atoms with Gasteiger partial charge in [0.1, 0.15) is 47.0 Å². The molecule has 58 heavy (non-hydrogen) atoms. The van der Waals surface area contributed by atoms with Gasteiger partial charge in [-0.25, -0.2) is 15.0 Å². The third-order valence-corrected chi connectivity index (χ3v) is 16.1. The molecule has 1 fully saturated rings. The van der Waals surface area contributed by atoms with E-state index in [1.807, 2.05) is 71.3 Å². The van der Waals surface area contributed by atoms with Crippen molar-refractivity contribution in [3.05, 3.63) is 138 Å². The summed E-state index contributed by atoms with van der Waals surface area (Å²) in [6.45, 7) is 11.5. The summed E-state index contributed by atoms with van der Waals surface area (Å²) in [5, 5.41) is 9.20. The van der Waals surface area contributed by atoms with E-state index < -0.39 is 32.2 Å². The number of carboxylic acid groups (broad SMARTS) is 1. The first kappa shape index (κ1) is 40.8. The maximum absolute atomic E-state index is 11.3. The zero-order valence-corrected chi connectivity index (χ0v) is 35.2. The van der Waals surface area contributed by atoms with Crippen molar-refractivity contribution in [3.8, 4) is 22.8 Å². The molecular weight excluding hydrogens is 749 g/mol. The number of carbonyl (C=O) groups is 1. The molecule has 0 spiro atoms. The van der Waals surface area contributed by atoms with E-state index in [0.29, 0.717) is 29.7 Å². The predicted octanol–water partition coefficient (Wildman–Crippen LogP) is 9.21. The molecule has 1 aliphatic heterocycles. The molecular formula is C46H52N4O7Si. The minimum atomic E-state index is -2.29. The molecule has 0 saturated carbocycles. The molecule has 4 aromatic carbocycles. The van der Waals surface area contributed by atoms with Crippen LogP contribution < -0.4 is 9.47 Å². The molecule has 6 aromatic rings. The Morgan fingerprint density at radius 3 is 2.09 bits per heavy atom. The van der Waals surface area contributed by atoms with E-state index in [-0.39, 0.29) is 24.2 Å². The number of carboxylic acids is 1. The third kappa shape index (κ3) is 8.28. The van der Waals surface area contributed by atoms with Crippen LogP contribution in [0, 0.1) is 0 Å². The molecule has 0 amide bonds. The van der Waals surface area contributed by atoms with Gasteiger partial charge in [-0.3, -0.25) is 9.36 Å². The quantitative estimate of drug-likeness (QED) is 0.0794. The van der Waals surface area contributed by atoms with Gasteiger partial charge in [0.05, 0.1) is 33.3 Å². The summed E-state index contributed by atoms with van der Waals surface area (Å²) in [5.41, 5.74) is 5.46. The molecule has 302 valence electrons. The van der Waals surface area contributed by atoms with Crippen molar-refractivity contribution >= 4 is 25.5 Å². The number of methoxy groups -OCH3 is 2. The summed E-state index contributed by atoms with van der Waals surface area (Å²) >= 11 is 0. The van der Waals surface area contributed by atoms with Crippen LogP contribution in [-0.4, -0.2) is 71.9 Å². The van der Waals surface area contributed by atoms with Gasteiger partial charge >= 0.3 is 5.97 Å². The first-order valence-electron chi connectivity index (χ1n) is 19.6. The Balaban J connectivity index is 1.27. The summed E-state index contributed by atoms with van der Waals surface area (Å²) in [5.74, 6) is 0.656. The fourth-order valence-electron chi connectivity index (χ4n) is 7.38. The number of hydrogen-bond donors (Lipinski definition) is 1. The van der Waals surface area contributed by atoms with Gasteiger partial charge in [-0.2, -0.15) is 0 Å². The number of aryl methyl sites for hydroxylation is 1. The molecule has 12 heteroatoms. The standard InChI is InChI=1S/C46H52N4O7Si/c1-45(2,3)58(6,7)57-38-27-40(50-30-49-43-42(47-29-48-44(43)50)32-13-11-12-31(26-32)16-25-41(51)52)56-39(38)28-55-46(33-14-9-8-10-15-33,34-17-21-36(53-4)22-18-34)35-19-23-37(54-5)24-20-35/h8-15,17-24,26,29-30,38-40H,16,25,27-28H2,1-7H3,(H,51,52)/t38-,39+,40+/m0/s1. The average molecular weight is 801 g/mol. The maximum atomic E-state index is 11.3. The van der Waals surface area contributed by atoms with Gasteiger partial charge in [-0.05, 0) is 77.1 Å². The van der Waals surface area contributed by atoms with Crippen LogP contribution in [0.15, 0.2) is 116 Å². The fourth-order valence-corrected chi connectivity index (χ4v) is 8.74. The number of hydrogen-bond acceptors (Lipinski definition) is 9. The molecule has 2 aromatic heterocycles. The highest BCUT2D eigenvalue weighted by Crippen LogP contribution is 2.45. The average Bonchev–Trinajstić information content (AvgIpc) is 3.84. The summed E-state index contributed by atoms with van der Waals surface area (Å²) in [6.07, 6.45) is 3.12. The van der Waals surface area contributed by atoms with Crippen molar-refractivity contribution in [2.24, 2.45) is 0 Å². The molecule has 11 nitrogen and oxygen atoms in total. The highest BCUT2D eigenvalue weighted by molar-refractivity contribution is 6.74. The zero-order chi connectivity index (χ0) is 41.1. The van der Waals surface area contributed by atoms with Crippen molar-refractivity contribution in [1.82, 2.24) is 19.5 Å². The van der Waals surface area contributed by atoms with Gasteiger partial charge < -0.3 is 28.5 Å². The van der Waals surface area contributed by atoms with Crippen LogP contribution in [0.4, 0.5) is 0 Å². The molecule has 7 rings (SSSR count). The minimum absolute atomic E-state index is 0.0424. The van der Waals surface area contributed by atoms with E-state index in [4.69, 9.17) is 33.3 Å².